The molecular weight excluding hydrogens is 208 g/mol. The maximum absolute atomic E-state index is 10.4. The van der Waals surface area contributed by atoms with Crippen molar-refractivity contribution in [1.29, 1.82) is 0 Å². The normalized spacial score (nSPS) is 15.8. The lowest BCUT2D eigenvalue weighted by Gasteiger charge is -2.18. The predicted octanol–water partition coefficient (Wildman–Crippen LogP) is -1.11. The number of ether oxygens (including phenoxy) is 1. The summed E-state index contributed by atoms with van der Waals surface area (Å²) < 4.78 is 6.32. The van der Waals surface area contributed by atoms with Crippen molar-refractivity contribution in [2.45, 2.75) is 24.5 Å². The Morgan fingerprint density at radius 2 is 2.38 bits per heavy atom. The molecule has 0 bridgehead atoms. The van der Waals surface area contributed by atoms with E-state index in [-0.39, 0.29) is 12.0 Å². The molecule has 1 fully saturated rings. The Balaban J connectivity index is 2.24. The second-order valence-corrected chi connectivity index (χ2v) is 3.65. The average Bonchev–Trinajstić information content (AvgIpc) is 2.88. The first-order chi connectivity index (χ1) is 7.50. The van der Waals surface area contributed by atoms with Gasteiger partial charge in [-0.3, -0.25) is 9.48 Å². The molecule has 8 heteroatoms. The molecule has 1 aliphatic carbocycles. The van der Waals surface area contributed by atoms with E-state index in [4.69, 9.17) is 20.4 Å². The standard InChI is InChI=1S/C8H9B2N3O3/c9-8(10,15)13-3-6(11-4-14)7(12-13)16-5-1-2-5/h3-5,15H,1-2H2,(H,11,14). The maximum atomic E-state index is 10.4. The largest absolute Gasteiger partial charge is 0.472 e. The second-order valence-electron chi connectivity index (χ2n) is 3.65. The molecule has 1 saturated carbocycles. The summed E-state index contributed by atoms with van der Waals surface area (Å²) in [6, 6.07) is 0. The zero-order chi connectivity index (χ0) is 11.8. The van der Waals surface area contributed by atoms with E-state index in [9.17, 15) is 9.90 Å². The fourth-order valence-electron chi connectivity index (χ4n) is 1.13. The molecule has 16 heavy (non-hydrogen) atoms. The van der Waals surface area contributed by atoms with Crippen molar-refractivity contribution < 1.29 is 14.6 Å². The average molecular weight is 217 g/mol. The van der Waals surface area contributed by atoms with E-state index in [0.29, 0.717) is 12.1 Å². The summed E-state index contributed by atoms with van der Waals surface area (Å²) in [5, 5.41) is 15.6. The highest BCUT2D eigenvalue weighted by Gasteiger charge is 2.27. The second kappa shape index (κ2) is 3.86. The minimum absolute atomic E-state index is 0.110. The lowest BCUT2D eigenvalue weighted by atomic mass is 9.73. The number of aliphatic hydroxyl groups is 1. The molecule has 1 amide bonds. The zero-order valence-corrected chi connectivity index (χ0v) is 8.46. The molecule has 0 aliphatic heterocycles. The Labute approximate surface area is 94.8 Å². The van der Waals surface area contributed by atoms with E-state index in [1.54, 1.807) is 0 Å². The van der Waals surface area contributed by atoms with E-state index in [1.165, 1.54) is 6.20 Å². The number of carbonyl (C=O) groups is 1. The van der Waals surface area contributed by atoms with Gasteiger partial charge in [0.15, 0.2) is 0 Å². The molecule has 0 unspecified atom stereocenters. The van der Waals surface area contributed by atoms with Crippen LogP contribution in [-0.4, -0.2) is 43.1 Å². The van der Waals surface area contributed by atoms with Crippen LogP contribution in [-0.2, 0) is 10.3 Å². The van der Waals surface area contributed by atoms with Gasteiger partial charge in [-0.2, -0.15) is 0 Å². The number of hydrogen-bond acceptors (Lipinski definition) is 4. The molecule has 1 aliphatic rings. The molecule has 2 rings (SSSR count). The van der Waals surface area contributed by atoms with Gasteiger partial charge in [-0.05, 0) is 12.8 Å². The molecule has 4 radical (unpaired) electrons. The van der Waals surface area contributed by atoms with Gasteiger partial charge in [0.1, 0.15) is 27.5 Å². The van der Waals surface area contributed by atoms with Crippen LogP contribution in [0.3, 0.4) is 0 Å². The smallest absolute Gasteiger partial charge is 0.257 e. The van der Waals surface area contributed by atoms with Gasteiger partial charge in [-0.15, -0.1) is 5.10 Å². The molecule has 0 atom stereocenters. The van der Waals surface area contributed by atoms with Gasteiger partial charge in [0.25, 0.3) is 5.88 Å². The Hall–Kier alpha value is -1.43. The van der Waals surface area contributed by atoms with Crippen molar-refractivity contribution >= 4 is 27.8 Å². The van der Waals surface area contributed by atoms with Gasteiger partial charge in [0, 0.05) is 0 Å². The van der Waals surface area contributed by atoms with Gasteiger partial charge in [0.2, 0.25) is 6.41 Å². The summed E-state index contributed by atoms with van der Waals surface area (Å²) in [6.07, 6.45) is 3.78. The highest BCUT2D eigenvalue weighted by atomic mass is 16.5. The summed E-state index contributed by atoms with van der Waals surface area (Å²) in [4.78, 5) is 10.4. The molecule has 2 N–H and O–H groups in total. The van der Waals surface area contributed by atoms with Crippen molar-refractivity contribution in [1.82, 2.24) is 9.78 Å². The van der Waals surface area contributed by atoms with Gasteiger partial charge in [0.05, 0.1) is 11.7 Å². The fraction of sp³-hybridized carbons (Fsp3) is 0.500. The third-order valence-corrected chi connectivity index (χ3v) is 2.06. The molecular formula is C8H9B2N3O3. The minimum Gasteiger partial charge on any atom is -0.472 e. The lowest BCUT2D eigenvalue weighted by molar-refractivity contribution is -0.105. The van der Waals surface area contributed by atoms with Gasteiger partial charge in [-0.1, -0.05) is 0 Å². The Bertz CT molecular complexity index is 398. The third-order valence-electron chi connectivity index (χ3n) is 2.06. The Morgan fingerprint density at radius 1 is 1.69 bits per heavy atom. The monoisotopic (exact) mass is 217 g/mol. The minimum atomic E-state index is -2.12. The van der Waals surface area contributed by atoms with E-state index in [1.807, 2.05) is 0 Å². The first-order valence-corrected chi connectivity index (χ1v) is 4.78. The zero-order valence-electron chi connectivity index (χ0n) is 8.46. The van der Waals surface area contributed by atoms with Crippen LogP contribution in [0.4, 0.5) is 5.69 Å². The third kappa shape index (κ3) is 2.38. The van der Waals surface area contributed by atoms with E-state index in [0.717, 1.165) is 17.5 Å². The number of amides is 1. The molecule has 0 aromatic carbocycles. The number of nitrogens with one attached hydrogen (secondary N) is 1. The van der Waals surface area contributed by atoms with Crippen LogP contribution < -0.4 is 10.1 Å². The summed E-state index contributed by atoms with van der Waals surface area (Å²) in [5.41, 5.74) is -1.80. The number of rotatable bonds is 5. The van der Waals surface area contributed by atoms with E-state index >= 15 is 0 Å². The molecule has 1 heterocycles. The molecule has 1 aromatic rings. The molecule has 1 aromatic heterocycles. The van der Waals surface area contributed by atoms with Gasteiger partial charge < -0.3 is 15.2 Å². The maximum Gasteiger partial charge on any atom is 0.257 e. The van der Waals surface area contributed by atoms with Crippen molar-refractivity contribution in [2.75, 3.05) is 5.32 Å². The van der Waals surface area contributed by atoms with Crippen LogP contribution >= 0.6 is 0 Å². The summed E-state index contributed by atoms with van der Waals surface area (Å²) in [5.74, 6) is 0.198. The van der Waals surface area contributed by atoms with Crippen LogP contribution in [0.1, 0.15) is 12.8 Å². The first-order valence-electron chi connectivity index (χ1n) is 4.78. The lowest BCUT2D eigenvalue weighted by Crippen LogP contribution is -2.34. The van der Waals surface area contributed by atoms with Gasteiger partial charge >= 0.3 is 0 Å². The topological polar surface area (TPSA) is 76.4 Å². The Morgan fingerprint density at radius 3 is 2.88 bits per heavy atom. The molecule has 0 saturated heterocycles. The summed E-state index contributed by atoms with van der Waals surface area (Å²) in [6.45, 7) is 0. The number of hydrogen-bond donors (Lipinski definition) is 2. The van der Waals surface area contributed by atoms with Crippen molar-refractivity contribution in [3.05, 3.63) is 6.20 Å². The number of nitrogens with zero attached hydrogens (tertiary/aromatic N) is 2. The van der Waals surface area contributed by atoms with Crippen LogP contribution in [0.25, 0.3) is 0 Å². The van der Waals surface area contributed by atoms with Crippen LogP contribution in [0.2, 0.25) is 0 Å². The van der Waals surface area contributed by atoms with Crippen LogP contribution in [0, 0.1) is 0 Å². The number of carbonyl (C=O) groups excluding carboxylic acids is 1. The predicted molar refractivity (Wildman–Crippen MR) is 57.3 cm³/mol. The summed E-state index contributed by atoms with van der Waals surface area (Å²) >= 11 is 0. The molecule has 80 valence electrons. The number of anilines is 1. The highest BCUT2D eigenvalue weighted by Crippen LogP contribution is 2.31. The van der Waals surface area contributed by atoms with Crippen molar-refractivity contribution in [3.8, 4) is 5.88 Å². The van der Waals surface area contributed by atoms with E-state index < -0.39 is 5.52 Å². The fourth-order valence-corrected chi connectivity index (χ4v) is 1.13. The van der Waals surface area contributed by atoms with Crippen LogP contribution in [0.5, 0.6) is 5.88 Å². The van der Waals surface area contributed by atoms with Crippen molar-refractivity contribution in [2.24, 2.45) is 0 Å². The quantitative estimate of drug-likeness (QED) is 0.484. The van der Waals surface area contributed by atoms with E-state index in [2.05, 4.69) is 10.4 Å². The molecule has 6 nitrogen and oxygen atoms in total. The highest BCUT2D eigenvalue weighted by molar-refractivity contribution is 6.36. The molecule has 0 spiro atoms. The Kier molecular flexibility index (Phi) is 2.67. The summed E-state index contributed by atoms with van der Waals surface area (Å²) in [7, 11) is 10.5. The van der Waals surface area contributed by atoms with Gasteiger partial charge in [-0.25, -0.2) is 0 Å². The first kappa shape index (κ1) is 11.1. The van der Waals surface area contributed by atoms with Crippen LogP contribution in [0.15, 0.2) is 6.20 Å². The number of aromatic nitrogens is 2. The van der Waals surface area contributed by atoms with Crippen molar-refractivity contribution in [3.63, 3.8) is 0 Å². The SMILES string of the molecule is [B]C([B])(O)n1cc(NC=O)c(OC2CC2)n1.